The number of halogens is 4. The summed E-state index contributed by atoms with van der Waals surface area (Å²) in [7, 11) is 1.16. The second-order valence-electron chi connectivity index (χ2n) is 5.38. The highest BCUT2D eigenvalue weighted by molar-refractivity contribution is 6.30. The number of aromatic nitrogens is 2. The van der Waals surface area contributed by atoms with Crippen LogP contribution < -0.4 is 5.32 Å². The fourth-order valence-corrected chi connectivity index (χ4v) is 2.86. The molecule has 1 aliphatic rings. The van der Waals surface area contributed by atoms with Crippen LogP contribution >= 0.6 is 11.6 Å². The summed E-state index contributed by atoms with van der Waals surface area (Å²) in [5.74, 6) is -0.753. The summed E-state index contributed by atoms with van der Waals surface area (Å²) in [6.07, 6.45) is -3.67. The third-order valence-electron chi connectivity index (χ3n) is 3.92. The summed E-state index contributed by atoms with van der Waals surface area (Å²) in [5, 5.41) is 7.17. The third-order valence-corrected chi connectivity index (χ3v) is 4.17. The summed E-state index contributed by atoms with van der Waals surface area (Å²) >= 11 is 5.83. The number of benzene rings is 1. The Labute approximate surface area is 140 Å². The van der Waals surface area contributed by atoms with E-state index in [2.05, 4.69) is 15.2 Å². The first kappa shape index (κ1) is 16.6. The van der Waals surface area contributed by atoms with E-state index in [4.69, 9.17) is 11.6 Å². The van der Waals surface area contributed by atoms with Gasteiger partial charge in [0.15, 0.2) is 6.04 Å². The number of nitrogens with one attached hydrogen (secondary N) is 1. The summed E-state index contributed by atoms with van der Waals surface area (Å²) in [6.45, 7) is 0. The lowest BCUT2D eigenvalue weighted by atomic mass is 9.96. The Morgan fingerprint density at radius 3 is 2.62 bits per heavy atom. The Hall–Kier alpha value is -2.22. The van der Waals surface area contributed by atoms with Crippen LogP contribution in [0, 0.1) is 0 Å². The second-order valence-corrected chi connectivity index (χ2v) is 5.82. The molecule has 2 atom stereocenters. The monoisotopic (exact) mass is 359 g/mol. The summed E-state index contributed by atoms with van der Waals surface area (Å²) < 4.78 is 45.7. The Morgan fingerprint density at radius 1 is 1.38 bits per heavy atom. The Morgan fingerprint density at radius 2 is 2.04 bits per heavy atom. The summed E-state index contributed by atoms with van der Waals surface area (Å²) in [6, 6.07) is 4.03. The lowest BCUT2D eigenvalue weighted by molar-refractivity contribution is -0.173. The van der Waals surface area contributed by atoms with Gasteiger partial charge in [0, 0.05) is 11.4 Å². The van der Waals surface area contributed by atoms with Gasteiger partial charge in [0.1, 0.15) is 11.4 Å². The lowest BCUT2D eigenvalue weighted by Crippen LogP contribution is -2.36. The SMILES string of the molecule is COC(=O)c1cnn2c1N[C@H](c1ccc(Cl)cc1)C[C@H]2C(F)(F)F. The van der Waals surface area contributed by atoms with E-state index < -0.39 is 24.2 Å². The molecule has 1 N–H and O–H groups in total. The molecule has 0 saturated carbocycles. The van der Waals surface area contributed by atoms with Crippen LogP contribution in [0.3, 0.4) is 0 Å². The molecule has 3 rings (SSSR count). The average molecular weight is 360 g/mol. The first-order valence-corrected chi connectivity index (χ1v) is 7.43. The number of alkyl halides is 3. The van der Waals surface area contributed by atoms with Crippen LogP contribution in [-0.2, 0) is 4.74 Å². The number of carbonyl (C=O) groups excluding carboxylic acids is 1. The van der Waals surface area contributed by atoms with E-state index in [9.17, 15) is 18.0 Å². The topological polar surface area (TPSA) is 56.1 Å². The van der Waals surface area contributed by atoms with Crippen LogP contribution in [0.15, 0.2) is 30.5 Å². The van der Waals surface area contributed by atoms with E-state index in [0.717, 1.165) is 18.0 Å². The minimum Gasteiger partial charge on any atom is -0.465 e. The Bertz CT molecular complexity index is 758. The highest BCUT2D eigenvalue weighted by Crippen LogP contribution is 2.44. The van der Waals surface area contributed by atoms with Crippen LogP contribution in [-0.4, -0.2) is 29.0 Å². The van der Waals surface area contributed by atoms with Gasteiger partial charge in [-0.3, -0.25) is 0 Å². The fraction of sp³-hybridized carbons (Fsp3) is 0.333. The number of esters is 1. The molecule has 0 amide bonds. The van der Waals surface area contributed by atoms with Gasteiger partial charge in [0.05, 0.1) is 19.3 Å². The minimum atomic E-state index is -4.50. The first-order valence-electron chi connectivity index (χ1n) is 7.05. The van der Waals surface area contributed by atoms with Crippen molar-refractivity contribution in [3.63, 3.8) is 0 Å². The molecule has 2 aromatic rings. The van der Waals surface area contributed by atoms with Crippen LogP contribution in [0.4, 0.5) is 19.0 Å². The maximum Gasteiger partial charge on any atom is 0.410 e. The van der Waals surface area contributed by atoms with E-state index in [0.29, 0.717) is 10.6 Å². The standard InChI is InChI=1S/C15H13ClF3N3O2/c1-24-14(23)10-7-20-22-12(15(17,18)19)6-11(21-13(10)22)8-2-4-9(16)5-3-8/h2-5,7,11-12,21H,6H2,1H3/t11-,12-/m0/s1. The molecule has 0 spiro atoms. The molecule has 1 aliphatic heterocycles. The molecule has 9 heteroatoms. The molecule has 0 radical (unpaired) electrons. The van der Waals surface area contributed by atoms with Gasteiger partial charge < -0.3 is 10.1 Å². The van der Waals surface area contributed by atoms with Crippen molar-refractivity contribution in [2.75, 3.05) is 12.4 Å². The average Bonchev–Trinajstić information content (AvgIpc) is 2.96. The number of rotatable bonds is 2. The molecular formula is C15H13ClF3N3O2. The van der Waals surface area contributed by atoms with Gasteiger partial charge in [-0.15, -0.1) is 0 Å². The molecule has 0 bridgehead atoms. The highest BCUT2D eigenvalue weighted by Gasteiger charge is 2.47. The largest absolute Gasteiger partial charge is 0.465 e. The lowest BCUT2D eigenvalue weighted by Gasteiger charge is -2.34. The van der Waals surface area contributed by atoms with Crippen molar-refractivity contribution in [3.05, 3.63) is 46.6 Å². The molecule has 0 fully saturated rings. The zero-order valence-electron chi connectivity index (χ0n) is 12.5. The molecule has 24 heavy (non-hydrogen) atoms. The van der Waals surface area contributed by atoms with Crippen molar-refractivity contribution in [1.82, 2.24) is 9.78 Å². The predicted octanol–water partition coefficient (Wildman–Crippen LogP) is 3.98. The van der Waals surface area contributed by atoms with E-state index in [1.54, 1.807) is 24.3 Å². The van der Waals surface area contributed by atoms with Crippen LogP contribution in [0.1, 0.15) is 34.4 Å². The van der Waals surface area contributed by atoms with Crippen molar-refractivity contribution < 1.29 is 22.7 Å². The number of carbonyl (C=O) groups is 1. The molecule has 1 aromatic carbocycles. The molecule has 5 nitrogen and oxygen atoms in total. The second kappa shape index (κ2) is 6.01. The van der Waals surface area contributed by atoms with Gasteiger partial charge in [-0.25, -0.2) is 9.48 Å². The predicted molar refractivity (Wildman–Crippen MR) is 81.1 cm³/mol. The zero-order valence-corrected chi connectivity index (χ0v) is 13.2. The minimum absolute atomic E-state index is 0.00428. The smallest absolute Gasteiger partial charge is 0.410 e. The van der Waals surface area contributed by atoms with E-state index in [-0.39, 0.29) is 17.8 Å². The molecule has 1 aromatic heterocycles. The van der Waals surface area contributed by atoms with Gasteiger partial charge in [-0.2, -0.15) is 18.3 Å². The van der Waals surface area contributed by atoms with Crippen molar-refractivity contribution in [3.8, 4) is 0 Å². The van der Waals surface area contributed by atoms with Gasteiger partial charge in [0.25, 0.3) is 0 Å². The van der Waals surface area contributed by atoms with Gasteiger partial charge >= 0.3 is 12.1 Å². The maximum atomic E-state index is 13.4. The fourth-order valence-electron chi connectivity index (χ4n) is 2.74. The number of anilines is 1. The van der Waals surface area contributed by atoms with Crippen LogP contribution in [0.2, 0.25) is 5.02 Å². The number of nitrogens with zero attached hydrogens (tertiary/aromatic N) is 2. The van der Waals surface area contributed by atoms with Crippen LogP contribution in [0.5, 0.6) is 0 Å². The number of hydrogen-bond acceptors (Lipinski definition) is 4. The highest BCUT2D eigenvalue weighted by atomic mass is 35.5. The molecule has 128 valence electrons. The first-order chi connectivity index (χ1) is 11.3. The Kier molecular flexibility index (Phi) is 4.16. The Balaban J connectivity index is 2.04. The normalized spacial score (nSPS) is 20.2. The number of ether oxygens (including phenoxy) is 1. The van der Waals surface area contributed by atoms with Gasteiger partial charge in [0.2, 0.25) is 0 Å². The zero-order chi connectivity index (χ0) is 17.5. The molecule has 0 aliphatic carbocycles. The van der Waals surface area contributed by atoms with Gasteiger partial charge in [-0.05, 0) is 17.7 Å². The number of hydrogen-bond donors (Lipinski definition) is 1. The van der Waals surface area contributed by atoms with Crippen molar-refractivity contribution in [1.29, 1.82) is 0 Å². The molecule has 0 unspecified atom stereocenters. The quantitative estimate of drug-likeness (QED) is 0.824. The van der Waals surface area contributed by atoms with Crippen LogP contribution in [0.25, 0.3) is 0 Å². The third kappa shape index (κ3) is 2.93. The maximum absolute atomic E-state index is 13.4. The number of fused-ring (bicyclic) bond motifs is 1. The number of methoxy groups -OCH3 is 1. The van der Waals surface area contributed by atoms with E-state index >= 15 is 0 Å². The molecule has 2 heterocycles. The van der Waals surface area contributed by atoms with Crippen molar-refractivity contribution in [2.45, 2.75) is 24.7 Å². The van der Waals surface area contributed by atoms with Crippen molar-refractivity contribution >= 4 is 23.4 Å². The molecule has 0 saturated heterocycles. The summed E-state index contributed by atoms with van der Waals surface area (Å²) in [4.78, 5) is 11.8. The van der Waals surface area contributed by atoms with Crippen molar-refractivity contribution in [2.24, 2.45) is 0 Å². The van der Waals surface area contributed by atoms with E-state index in [1.807, 2.05) is 0 Å². The van der Waals surface area contributed by atoms with E-state index in [1.165, 1.54) is 0 Å². The van der Waals surface area contributed by atoms with Gasteiger partial charge in [-0.1, -0.05) is 23.7 Å². The molecular weight excluding hydrogens is 347 g/mol. The summed E-state index contributed by atoms with van der Waals surface area (Å²) in [5.41, 5.74) is 0.599.